The Morgan fingerprint density at radius 3 is 2.69 bits per heavy atom. The van der Waals surface area contributed by atoms with Crippen LogP contribution in [0.15, 0.2) is 64.1 Å². The van der Waals surface area contributed by atoms with Gasteiger partial charge in [-0.2, -0.15) is 4.31 Å². The Labute approximate surface area is 213 Å². The van der Waals surface area contributed by atoms with Crippen LogP contribution in [0.2, 0.25) is 5.02 Å². The number of carbonyl (C=O) groups is 1. The van der Waals surface area contributed by atoms with Gasteiger partial charge in [-0.15, -0.1) is 0 Å². The number of aryl methyl sites for hydroxylation is 2. The number of thiazole rings is 1. The van der Waals surface area contributed by atoms with Crippen molar-refractivity contribution in [1.29, 1.82) is 0 Å². The van der Waals surface area contributed by atoms with E-state index in [0.29, 0.717) is 28.8 Å². The summed E-state index contributed by atoms with van der Waals surface area (Å²) in [5.41, 5.74) is 2.53. The largest absolute Gasteiger partial charge is 0.467 e. The number of fused-ring (bicyclic) bond motifs is 1. The fraction of sp³-hybridized carbons (Fsp3) is 0.280. The van der Waals surface area contributed by atoms with E-state index in [9.17, 15) is 13.2 Å². The van der Waals surface area contributed by atoms with Gasteiger partial charge in [-0.1, -0.05) is 40.6 Å². The third kappa shape index (κ3) is 4.49. The molecule has 10 heteroatoms. The maximum absolute atomic E-state index is 14.0. The van der Waals surface area contributed by atoms with Crippen molar-refractivity contribution in [3.8, 4) is 0 Å². The molecule has 2 aromatic carbocycles. The lowest BCUT2D eigenvalue weighted by Crippen LogP contribution is -2.47. The van der Waals surface area contributed by atoms with Crippen LogP contribution in [-0.4, -0.2) is 36.2 Å². The SMILES string of the molecule is Cc1ccc(S(=O)(=O)N2CCCC2C(=O)N(Cc2ccco2)c2nc3c(C)c(Cl)ccc3s2)cc1. The van der Waals surface area contributed by atoms with Crippen LogP contribution in [-0.2, 0) is 21.4 Å². The Balaban J connectivity index is 1.53. The van der Waals surface area contributed by atoms with Gasteiger partial charge in [0.2, 0.25) is 15.9 Å². The molecule has 1 unspecified atom stereocenters. The lowest BCUT2D eigenvalue weighted by molar-refractivity contribution is -0.121. The van der Waals surface area contributed by atoms with Gasteiger partial charge in [0.15, 0.2) is 5.13 Å². The summed E-state index contributed by atoms with van der Waals surface area (Å²) in [6.07, 6.45) is 2.59. The summed E-state index contributed by atoms with van der Waals surface area (Å²) in [4.78, 5) is 20.4. The van der Waals surface area contributed by atoms with Crippen molar-refractivity contribution < 1.29 is 17.6 Å². The number of anilines is 1. The maximum atomic E-state index is 14.0. The number of sulfonamides is 1. The number of halogens is 1. The highest BCUT2D eigenvalue weighted by Crippen LogP contribution is 2.36. The number of furan rings is 1. The summed E-state index contributed by atoms with van der Waals surface area (Å²) in [7, 11) is -3.84. The van der Waals surface area contributed by atoms with E-state index in [0.717, 1.165) is 21.3 Å². The molecule has 7 nitrogen and oxygen atoms in total. The van der Waals surface area contributed by atoms with Crippen LogP contribution >= 0.6 is 22.9 Å². The van der Waals surface area contributed by atoms with Gasteiger partial charge in [-0.05, 0) is 68.7 Å². The lowest BCUT2D eigenvalue weighted by Gasteiger charge is -2.28. The number of amides is 1. The van der Waals surface area contributed by atoms with Crippen LogP contribution in [0.1, 0.15) is 29.7 Å². The van der Waals surface area contributed by atoms with Crippen LogP contribution in [0.3, 0.4) is 0 Å². The van der Waals surface area contributed by atoms with Gasteiger partial charge in [0, 0.05) is 11.6 Å². The van der Waals surface area contributed by atoms with Crippen molar-refractivity contribution >= 4 is 54.2 Å². The van der Waals surface area contributed by atoms with Crippen molar-refractivity contribution in [3.63, 3.8) is 0 Å². The van der Waals surface area contributed by atoms with E-state index >= 15 is 0 Å². The van der Waals surface area contributed by atoms with E-state index in [2.05, 4.69) is 0 Å². The van der Waals surface area contributed by atoms with Crippen LogP contribution in [0, 0.1) is 13.8 Å². The second kappa shape index (κ2) is 9.39. The molecule has 5 rings (SSSR count). The molecule has 182 valence electrons. The number of aromatic nitrogens is 1. The van der Waals surface area contributed by atoms with E-state index in [1.54, 1.807) is 42.7 Å². The molecule has 0 N–H and O–H groups in total. The molecule has 0 aliphatic carbocycles. The highest BCUT2D eigenvalue weighted by atomic mass is 35.5. The smallest absolute Gasteiger partial charge is 0.247 e. The molecule has 0 saturated carbocycles. The Hall–Kier alpha value is -2.72. The van der Waals surface area contributed by atoms with Crippen LogP contribution in [0.25, 0.3) is 10.2 Å². The van der Waals surface area contributed by atoms with Crippen molar-refractivity contribution in [2.24, 2.45) is 0 Å². The minimum atomic E-state index is -3.84. The summed E-state index contributed by atoms with van der Waals surface area (Å²) in [5, 5.41) is 1.08. The summed E-state index contributed by atoms with van der Waals surface area (Å²) in [5.74, 6) is 0.260. The standard InChI is InChI=1S/C25H24ClN3O4S2/c1-16-7-9-19(10-8-16)35(31,32)29-13-3-6-21(29)24(30)28(15-18-5-4-14-33-18)25-27-23-17(2)20(26)11-12-22(23)34-25/h4-5,7-12,14,21H,3,6,13,15H2,1-2H3. The lowest BCUT2D eigenvalue weighted by atomic mass is 10.2. The molecule has 1 aliphatic heterocycles. The average molecular weight is 530 g/mol. The molecule has 4 aromatic rings. The molecule has 0 radical (unpaired) electrons. The predicted octanol–water partition coefficient (Wildman–Crippen LogP) is 5.55. The number of hydrogen-bond acceptors (Lipinski definition) is 6. The van der Waals surface area contributed by atoms with E-state index < -0.39 is 16.1 Å². The highest BCUT2D eigenvalue weighted by molar-refractivity contribution is 7.89. The zero-order valence-electron chi connectivity index (χ0n) is 19.3. The van der Waals surface area contributed by atoms with Crippen molar-refractivity contribution in [1.82, 2.24) is 9.29 Å². The number of hydrogen-bond donors (Lipinski definition) is 0. The summed E-state index contributed by atoms with van der Waals surface area (Å²) < 4.78 is 34.7. The minimum Gasteiger partial charge on any atom is -0.467 e. The molecular weight excluding hydrogens is 506 g/mol. The van der Waals surface area contributed by atoms with Crippen molar-refractivity contribution in [2.75, 3.05) is 11.4 Å². The first-order chi connectivity index (χ1) is 16.8. The maximum Gasteiger partial charge on any atom is 0.247 e. The summed E-state index contributed by atoms with van der Waals surface area (Å²) in [6.45, 7) is 4.22. The summed E-state index contributed by atoms with van der Waals surface area (Å²) in [6, 6.07) is 13.1. The molecule has 0 spiro atoms. The Morgan fingerprint density at radius 2 is 1.97 bits per heavy atom. The molecule has 0 bridgehead atoms. The topological polar surface area (TPSA) is 83.7 Å². The third-order valence-electron chi connectivity index (χ3n) is 6.24. The first-order valence-corrected chi connectivity index (χ1v) is 13.9. The molecule has 3 heterocycles. The van der Waals surface area contributed by atoms with Gasteiger partial charge in [-0.3, -0.25) is 9.69 Å². The fourth-order valence-electron chi connectivity index (χ4n) is 4.30. The van der Waals surface area contributed by atoms with Crippen LogP contribution in [0.4, 0.5) is 5.13 Å². The number of carbonyl (C=O) groups excluding carboxylic acids is 1. The zero-order valence-corrected chi connectivity index (χ0v) is 21.7. The molecule has 35 heavy (non-hydrogen) atoms. The molecule has 1 atom stereocenters. The predicted molar refractivity (Wildman–Crippen MR) is 137 cm³/mol. The first-order valence-electron chi connectivity index (χ1n) is 11.2. The highest BCUT2D eigenvalue weighted by Gasteiger charge is 2.42. The number of rotatable bonds is 6. The van der Waals surface area contributed by atoms with Gasteiger partial charge >= 0.3 is 0 Å². The van der Waals surface area contributed by atoms with Gasteiger partial charge in [-0.25, -0.2) is 13.4 Å². The van der Waals surface area contributed by atoms with Crippen LogP contribution in [0.5, 0.6) is 0 Å². The third-order valence-corrected chi connectivity index (χ3v) is 9.62. The van der Waals surface area contributed by atoms with E-state index in [1.165, 1.54) is 20.5 Å². The van der Waals surface area contributed by atoms with E-state index in [1.807, 2.05) is 26.0 Å². The second-order valence-corrected chi connectivity index (χ2v) is 11.9. The van der Waals surface area contributed by atoms with E-state index in [-0.39, 0.29) is 23.9 Å². The molecule has 1 aliphatic rings. The normalized spacial score (nSPS) is 16.7. The quantitative estimate of drug-likeness (QED) is 0.327. The summed E-state index contributed by atoms with van der Waals surface area (Å²) >= 11 is 7.66. The number of benzene rings is 2. The molecule has 2 aromatic heterocycles. The van der Waals surface area contributed by atoms with Gasteiger partial charge in [0.25, 0.3) is 0 Å². The number of nitrogens with zero attached hydrogens (tertiary/aromatic N) is 3. The Morgan fingerprint density at radius 1 is 1.20 bits per heavy atom. The Kier molecular flexibility index (Phi) is 6.43. The van der Waals surface area contributed by atoms with Gasteiger partial charge in [0.05, 0.1) is 27.9 Å². The second-order valence-electron chi connectivity index (χ2n) is 8.61. The average Bonchev–Trinajstić information content (AvgIpc) is 3.60. The molecular formula is C25H24ClN3O4S2. The fourth-order valence-corrected chi connectivity index (χ4v) is 7.14. The van der Waals surface area contributed by atoms with Gasteiger partial charge < -0.3 is 4.42 Å². The molecule has 1 saturated heterocycles. The monoisotopic (exact) mass is 529 g/mol. The minimum absolute atomic E-state index is 0.146. The Bertz CT molecular complexity index is 1480. The van der Waals surface area contributed by atoms with Gasteiger partial charge in [0.1, 0.15) is 11.8 Å². The van der Waals surface area contributed by atoms with E-state index in [4.69, 9.17) is 21.0 Å². The van der Waals surface area contributed by atoms with Crippen molar-refractivity contribution in [2.45, 2.75) is 44.2 Å². The van der Waals surface area contributed by atoms with Crippen molar-refractivity contribution in [3.05, 3.63) is 76.7 Å². The van der Waals surface area contributed by atoms with Crippen LogP contribution < -0.4 is 4.90 Å². The molecule has 1 fully saturated rings. The first kappa shape index (κ1) is 24.0. The molecule has 1 amide bonds. The zero-order chi connectivity index (χ0) is 24.7.